The van der Waals surface area contributed by atoms with E-state index >= 15 is 0 Å². The van der Waals surface area contributed by atoms with Crippen molar-refractivity contribution >= 4 is 5.91 Å². The van der Waals surface area contributed by atoms with Gasteiger partial charge in [0.05, 0.1) is 0 Å². The summed E-state index contributed by atoms with van der Waals surface area (Å²) in [6.07, 6.45) is 5.84. The quantitative estimate of drug-likeness (QED) is 0.850. The molecule has 2 aliphatic carbocycles. The summed E-state index contributed by atoms with van der Waals surface area (Å²) in [5, 5.41) is 0. The minimum absolute atomic E-state index is 0.216. The average molecular weight is 258 g/mol. The van der Waals surface area contributed by atoms with Gasteiger partial charge in [0.1, 0.15) is 0 Å². The third kappa shape index (κ3) is 3.16. The molecule has 3 heteroatoms. The third-order valence-corrected chi connectivity index (χ3v) is 4.03. The molecule has 2 saturated carbocycles. The summed E-state index contributed by atoms with van der Waals surface area (Å²) in [6, 6.07) is 8.48. The van der Waals surface area contributed by atoms with Crippen molar-refractivity contribution in [1.82, 2.24) is 4.90 Å². The van der Waals surface area contributed by atoms with E-state index < -0.39 is 0 Å². The van der Waals surface area contributed by atoms with Gasteiger partial charge in [-0.05, 0) is 62.3 Å². The molecule has 3 rings (SSSR count). The van der Waals surface area contributed by atoms with E-state index in [-0.39, 0.29) is 5.91 Å². The van der Waals surface area contributed by atoms with Crippen LogP contribution in [0.3, 0.4) is 0 Å². The number of carbonyl (C=O) groups is 1. The molecule has 3 nitrogen and oxygen atoms in total. The lowest BCUT2D eigenvalue weighted by molar-refractivity contribution is 0.0735. The number of hydrogen-bond acceptors (Lipinski definition) is 2. The van der Waals surface area contributed by atoms with Crippen LogP contribution in [0.1, 0.15) is 41.6 Å². The van der Waals surface area contributed by atoms with Crippen LogP contribution in [0.2, 0.25) is 0 Å². The maximum absolute atomic E-state index is 12.6. The molecule has 19 heavy (non-hydrogen) atoms. The topological polar surface area (TPSA) is 46.3 Å². The predicted molar refractivity (Wildman–Crippen MR) is 76.0 cm³/mol. The van der Waals surface area contributed by atoms with Crippen LogP contribution in [0.25, 0.3) is 0 Å². The first-order chi connectivity index (χ1) is 9.28. The molecule has 0 bridgehead atoms. The van der Waals surface area contributed by atoms with Gasteiger partial charge in [0.2, 0.25) is 0 Å². The first kappa shape index (κ1) is 12.7. The first-order valence-electron chi connectivity index (χ1n) is 7.38. The van der Waals surface area contributed by atoms with Crippen LogP contribution < -0.4 is 5.73 Å². The van der Waals surface area contributed by atoms with Gasteiger partial charge in [0.15, 0.2) is 0 Å². The lowest BCUT2D eigenvalue weighted by Crippen LogP contribution is -2.34. The van der Waals surface area contributed by atoms with Crippen LogP contribution in [0.5, 0.6) is 0 Å². The van der Waals surface area contributed by atoms with Gasteiger partial charge in [-0.2, -0.15) is 0 Å². The Morgan fingerprint density at radius 1 is 1.16 bits per heavy atom. The number of nitrogens with zero attached hydrogens (tertiary/aromatic N) is 1. The normalized spacial score (nSPS) is 18.4. The van der Waals surface area contributed by atoms with Gasteiger partial charge < -0.3 is 10.6 Å². The van der Waals surface area contributed by atoms with Crippen molar-refractivity contribution in [3.05, 3.63) is 35.4 Å². The lowest BCUT2D eigenvalue weighted by Gasteiger charge is -2.22. The molecule has 0 aromatic heterocycles. The van der Waals surface area contributed by atoms with Crippen molar-refractivity contribution in [2.45, 2.75) is 38.1 Å². The summed E-state index contributed by atoms with van der Waals surface area (Å²) in [4.78, 5) is 14.7. The largest absolute Gasteiger partial charge is 0.335 e. The minimum Gasteiger partial charge on any atom is -0.335 e. The molecular formula is C16H22N2O. The lowest BCUT2D eigenvalue weighted by atomic mass is 10.1. The van der Waals surface area contributed by atoms with Crippen LogP contribution in [0.4, 0.5) is 0 Å². The molecule has 0 saturated heterocycles. The van der Waals surface area contributed by atoms with Gasteiger partial charge >= 0.3 is 0 Å². The second-order valence-corrected chi connectivity index (χ2v) is 5.87. The van der Waals surface area contributed by atoms with E-state index in [9.17, 15) is 4.79 Å². The Kier molecular flexibility index (Phi) is 3.56. The highest BCUT2D eigenvalue weighted by atomic mass is 16.2. The zero-order valence-corrected chi connectivity index (χ0v) is 11.3. The fourth-order valence-electron chi connectivity index (χ4n) is 2.51. The summed E-state index contributed by atoms with van der Waals surface area (Å²) in [7, 11) is 0. The van der Waals surface area contributed by atoms with Crippen molar-refractivity contribution in [3.8, 4) is 0 Å². The number of benzene rings is 1. The summed E-state index contributed by atoms with van der Waals surface area (Å²) in [5.41, 5.74) is 7.58. The molecule has 1 aromatic carbocycles. The Hall–Kier alpha value is -1.35. The Morgan fingerprint density at radius 2 is 1.84 bits per heavy atom. The van der Waals surface area contributed by atoms with E-state index in [0.29, 0.717) is 12.6 Å². The van der Waals surface area contributed by atoms with E-state index in [4.69, 9.17) is 5.73 Å². The van der Waals surface area contributed by atoms with Crippen LogP contribution >= 0.6 is 0 Å². The first-order valence-corrected chi connectivity index (χ1v) is 7.38. The average Bonchev–Trinajstić information content (AvgIpc) is 3.28. The summed E-state index contributed by atoms with van der Waals surface area (Å²) in [6.45, 7) is 1.62. The molecule has 2 aliphatic rings. The highest BCUT2D eigenvalue weighted by Crippen LogP contribution is 2.35. The Bertz CT molecular complexity index is 446. The molecule has 0 unspecified atom stereocenters. The second-order valence-electron chi connectivity index (χ2n) is 5.87. The maximum Gasteiger partial charge on any atom is 0.254 e. The Balaban J connectivity index is 1.69. The molecule has 0 heterocycles. The summed E-state index contributed by atoms with van der Waals surface area (Å²) < 4.78 is 0. The van der Waals surface area contributed by atoms with Crippen LogP contribution in [0, 0.1) is 5.92 Å². The number of amides is 1. The van der Waals surface area contributed by atoms with E-state index in [1.165, 1.54) is 31.2 Å². The van der Waals surface area contributed by atoms with E-state index in [1.54, 1.807) is 0 Å². The molecule has 0 radical (unpaired) electrons. The molecule has 0 aliphatic heterocycles. The van der Waals surface area contributed by atoms with Gasteiger partial charge in [0.25, 0.3) is 5.91 Å². The van der Waals surface area contributed by atoms with Crippen LogP contribution in [0.15, 0.2) is 24.3 Å². The van der Waals surface area contributed by atoms with Crippen molar-refractivity contribution in [2.24, 2.45) is 11.7 Å². The van der Waals surface area contributed by atoms with Crippen LogP contribution in [-0.2, 0) is 6.42 Å². The van der Waals surface area contributed by atoms with Gasteiger partial charge in [0, 0.05) is 18.2 Å². The number of carbonyl (C=O) groups excluding carboxylic acids is 1. The Morgan fingerprint density at radius 3 is 2.37 bits per heavy atom. The maximum atomic E-state index is 12.6. The third-order valence-electron chi connectivity index (χ3n) is 4.03. The van der Waals surface area contributed by atoms with E-state index in [1.807, 2.05) is 24.3 Å². The molecule has 1 amide bonds. The zero-order valence-electron chi connectivity index (χ0n) is 11.3. The van der Waals surface area contributed by atoms with Crippen LogP contribution in [-0.4, -0.2) is 29.9 Å². The molecule has 102 valence electrons. The highest BCUT2D eigenvalue weighted by molar-refractivity contribution is 5.94. The molecule has 0 spiro atoms. The minimum atomic E-state index is 0.216. The fourth-order valence-corrected chi connectivity index (χ4v) is 2.51. The molecule has 1 aromatic rings. The second kappa shape index (κ2) is 5.33. The van der Waals surface area contributed by atoms with E-state index in [2.05, 4.69) is 4.90 Å². The Labute approximate surface area is 114 Å². The van der Waals surface area contributed by atoms with Gasteiger partial charge in [-0.1, -0.05) is 12.1 Å². The fraction of sp³-hybridized carbons (Fsp3) is 0.562. The highest BCUT2D eigenvalue weighted by Gasteiger charge is 2.36. The van der Waals surface area contributed by atoms with Crippen molar-refractivity contribution in [2.75, 3.05) is 13.1 Å². The smallest absolute Gasteiger partial charge is 0.254 e. The van der Waals surface area contributed by atoms with Gasteiger partial charge in [-0.3, -0.25) is 4.79 Å². The molecule has 2 fully saturated rings. The molecule has 0 atom stereocenters. The number of hydrogen-bond donors (Lipinski definition) is 1. The standard InChI is InChI=1S/C16H22N2O/c17-10-9-12-3-5-14(6-4-12)16(19)18(15-7-8-15)11-13-1-2-13/h3-6,13,15H,1-2,7-11,17H2. The van der Waals surface area contributed by atoms with Crippen molar-refractivity contribution in [3.63, 3.8) is 0 Å². The monoisotopic (exact) mass is 258 g/mol. The number of nitrogens with two attached hydrogens (primary N) is 1. The predicted octanol–water partition coefficient (Wildman–Crippen LogP) is 2.20. The van der Waals surface area contributed by atoms with Gasteiger partial charge in [-0.15, -0.1) is 0 Å². The van der Waals surface area contributed by atoms with E-state index in [0.717, 1.165) is 24.4 Å². The summed E-state index contributed by atoms with van der Waals surface area (Å²) >= 11 is 0. The SMILES string of the molecule is NCCc1ccc(C(=O)N(CC2CC2)C2CC2)cc1. The van der Waals surface area contributed by atoms with Crippen molar-refractivity contribution in [1.29, 1.82) is 0 Å². The number of rotatable bonds is 6. The van der Waals surface area contributed by atoms with Crippen molar-refractivity contribution < 1.29 is 4.79 Å². The van der Waals surface area contributed by atoms with Gasteiger partial charge in [-0.25, -0.2) is 0 Å². The molecule has 2 N–H and O–H groups in total. The summed E-state index contributed by atoms with van der Waals surface area (Å²) in [5.74, 6) is 0.981. The molecular weight excluding hydrogens is 236 g/mol. The zero-order chi connectivity index (χ0) is 13.2.